The van der Waals surface area contributed by atoms with E-state index < -0.39 is 0 Å². The number of nitrogen functional groups attached to an aromatic ring is 1. The Morgan fingerprint density at radius 1 is 1.47 bits per heavy atom. The summed E-state index contributed by atoms with van der Waals surface area (Å²) in [5, 5.41) is 3.91. The second-order valence-electron chi connectivity index (χ2n) is 4.71. The Morgan fingerprint density at radius 3 is 2.76 bits per heavy atom. The molecule has 1 aromatic heterocycles. The molecule has 3 N–H and O–H groups in total. The lowest BCUT2D eigenvalue weighted by molar-refractivity contribution is 0.560. The average molecular weight is 248 g/mol. The van der Waals surface area contributed by atoms with Crippen LogP contribution in [0.3, 0.4) is 0 Å². The molecule has 1 aliphatic heterocycles. The molecule has 0 spiro atoms. The standard InChI is InChI=1S/C12H16N4S/c1-8-6-12(2,3)15-11(17)16(8)10-7-14-5-4-9(10)13/h4-7H,1-3H3,(H2,13,14)(H,15,17). The lowest BCUT2D eigenvalue weighted by Gasteiger charge is -2.38. The zero-order valence-corrected chi connectivity index (χ0v) is 11.0. The van der Waals surface area contributed by atoms with Gasteiger partial charge >= 0.3 is 0 Å². The van der Waals surface area contributed by atoms with Crippen LogP contribution in [-0.2, 0) is 0 Å². The quantitative estimate of drug-likeness (QED) is 0.745. The fraction of sp³-hybridized carbons (Fsp3) is 0.333. The van der Waals surface area contributed by atoms with Gasteiger partial charge in [-0.05, 0) is 45.1 Å². The summed E-state index contributed by atoms with van der Waals surface area (Å²) in [6.45, 7) is 6.17. The highest BCUT2D eigenvalue weighted by atomic mass is 32.1. The molecule has 0 amide bonds. The Morgan fingerprint density at radius 2 is 2.18 bits per heavy atom. The van der Waals surface area contributed by atoms with E-state index in [9.17, 15) is 0 Å². The van der Waals surface area contributed by atoms with Gasteiger partial charge in [-0.3, -0.25) is 9.88 Å². The SMILES string of the molecule is CC1=CC(C)(C)NC(=S)N1c1cnccc1N. The minimum Gasteiger partial charge on any atom is -0.397 e. The summed E-state index contributed by atoms with van der Waals surface area (Å²) in [6.07, 6.45) is 5.51. The molecule has 90 valence electrons. The van der Waals surface area contributed by atoms with Crippen LogP contribution in [0.5, 0.6) is 0 Å². The van der Waals surface area contributed by atoms with Crippen molar-refractivity contribution >= 4 is 28.7 Å². The summed E-state index contributed by atoms with van der Waals surface area (Å²) in [7, 11) is 0. The van der Waals surface area contributed by atoms with Crippen LogP contribution in [0.2, 0.25) is 0 Å². The predicted octanol–water partition coefficient (Wildman–Crippen LogP) is 2.04. The van der Waals surface area contributed by atoms with Gasteiger partial charge in [0.15, 0.2) is 5.11 Å². The molecule has 0 fully saturated rings. The van der Waals surface area contributed by atoms with E-state index in [1.807, 2.05) is 11.8 Å². The lowest BCUT2D eigenvalue weighted by Crippen LogP contribution is -2.53. The van der Waals surface area contributed by atoms with E-state index in [-0.39, 0.29) is 5.54 Å². The molecule has 0 saturated heterocycles. The Kier molecular flexibility index (Phi) is 2.79. The van der Waals surface area contributed by atoms with Gasteiger partial charge in [-0.15, -0.1) is 0 Å². The maximum atomic E-state index is 5.95. The average Bonchev–Trinajstić information content (AvgIpc) is 2.17. The number of thiocarbonyl (C=S) groups is 1. The number of anilines is 2. The van der Waals surface area contributed by atoms with Crippen molar-refractivity contribution in [2.45, 2.75) is 26.3 Å². The number of allylic oxidation sites excluding steroid dienone is 1. The fourth-order valence-corrected chi connectivity index (χ4v) is 2.50. The van der Waals surface area contributed by atoms with Crippen molar-refractivity contribution in [3.8, 4) is 0 Å². The first-order chi connectivity index (χ1) is 7.91. The number of hydrogen-bond donors (Lipinski definition) is 2. The van der Waals surface area contributed by atoms with Gasteiger partial charge in [-0.1, -0.05) is 0 Å². The maximum Gasteiger partial charge on any atom is 0.178 e. The zero-order valence-electron chi connectivity index (χ0n) is 10.2. The highest BCUT2D eigenvalue weighted by Gasteiger charge is 2.28. The highest BCUT2D eigenvalue weighted by molar-refractivity contribution is 7.80. The summed E-state index contributed by atoms with van der Waals surface area (Å²) >= 11 is 5.39. The Hall–Kier alpha value is -1.62. The van der Waals surface area contributed by atoms with Crippen molar-refractivity contribution in [1.82, 2.24) is 10.3 Å². The van der Waals surface area contributed by atoms with Crippen molar-refractivity contribution in [3.05, 3.63) is 30.2 Å². The molecular weight excluding hydrogens is 232 g/mol. The summed E-state index contributed by atoms with van der Waals surface area (Å²) in [5.41, 5.74) is 8.35. The molecule has 0 radical (unpaired) electrons. The molecule has 0 atom stereocenters. The van der Waals surface area contributed by atoms with Crippen molar-refractivity contribution in [1.29, 1.82) is 0 Å². The largest absolute Gasteiger partial charge is 0.397 e. The van der Waals surface area contributed by atoms with Gasteiger partial charge in [0.1, 0.15) is 0 Å². The molecule has 1 aromatic rings. The zero-order chi connectivity index (χ0) is 12.6. The van der Waals surface area contributed by atoms with Gasteiger partial charge in [-0.2, -0.15) is 0 Å². The van der Waals surface area contributed by atoms with Crippen LogP contribution >= 0.6 is 12.2 Å². The molecule has 17 heavy (non-hydrogen) atoms. The van der Waals surface area contributed by atoms with E-state index in [0.717, 1.165) is 11.4 Å². The van der Waals surface area contributed by atoms with E-state index in [2.05, 4.69) is 30.2 Å². The number of aromatic nitrogens is 1. The van der Waals surface area contributed by atoms with Crippen molar-refractivity contribution in [2.75, 3.05) is 10.6 Å². The lowest BCUT2D eigenvalue weighted by atomic mass is 10.0. The highest BCUT2D eigenvalue weighted by Crippen LogP contribution is 2.29. The van der Waals surface area contributed by atoms with Gasteiger partial charge in [0.25, 0.3) is 0 Å². The molecule has 1 aliphatic rings. The first-order valence-electron chi connectivity index (χ1n) is 5.42. The predicted molar refractivity (Wildman–Crippen MR) is 74.7 cm³/mol. The molecule has 0 unspecified atom stereocenters. The molecule has 0 aromatic carbocycles. The Balaban J connectivity index is 2.47. The van der Waals surface area contributed by atoms with E-state index >= 15 is 0 Å². The third kappa shape index (κ3) is 2.24. The van der Waals surface area contributed by atoms with Crippen LogP contribution in [0, 0.1) is 0 Å². The first kappa shape index (κ1) is 11.9. The minimum atomic E-state index is -0.130. The maximum absolute atomic E-state index is 5.95. The second-order valence-corrected chi connectivity index (χ2v) is 5.09. The number of nitrogens with zero attached hydrogens (tertiary/aromatic N) is 2. The Labute approximate surface area is 107 Å². The molecule has 0 saturated carbocycles. The molecule has 0 bridgehead atoms. The second kappa shape index (κ2) is 4.00. The van der Waals surface area contributed by atoms with Gasteiger partial charge in [0.2, 0.25) is 0 Å². The van der Waals surface area contributed by atoms with Crippen molar-refractivity contribution in [2.24, 2.45) is 0 Å². The molecular formula is C12H16N4S. The summed E-state index contributed by atoms with van der Waals surface area (Å²) < 4.78 is 0. The number of nitrogens with one attached hydrogen (secondary N) is 1. The normalized spacial score (nSPS) is 18.6. The smallest absolute Gasteiger partial charge is 0.178 e. The van der Waals surface area contributed by atoms with Crippen LogP contribution in [0.1, 0.15) is 20.8 Å². The van der Waals surface area contributed by atoms with Gasteiger partial charge < -0.3 is 11.1 Å². The minimum absolute atomic E-state index is 0.130. The van der Waals surface area contributed by atoms with Crippen LogP contribution in [0.25, 0.3) is 0 Å². The van der Waals surface area contributed by atoms with Gasteiger partial charge in [0.05, 0.1) is 23.1 Å². The number of rotatable bonds is 1. The first-order valence-corrected chi connectivity index (χ1v) is 5.83. The van der Waals surface area contributed by atoms with E-state index in [1.165, 1.54) is 0 Å². The van der Waals surface area contributed by atoms with Crippen molar-refractivity contribution < 1.29 is 0 Å². The van der Waals surface area contributed by atoms with E-state index in [0.29, 0.717) is 10.8 Å². The van der Waals surface area contributed by atoms with Gasteiger partial charge in [-0.25, -0.2) is 0 Å². The van der Waals surface area contributed by atoms with Gasteiger partial charge in [0, 0.05) is 11.9 Å². The Bertz CT molecular complexity index is 493. The molecule has 0 aliphatic carbocycles. The summed E-state index contributed by atoms with van der Waals surface area (Å²) in [6, 6.07) is 1.77. The van der Waals surface area contributed by atoms with Crippen molar-refractivity contribution in [3.63, 3.8) is 0 Å². The topological polar surface area (TPSA) is 54.2 Å². The number of pyridine rings is 1. The van der Waals surface area contributed by atoms with Crippen LogP contribution in [0.4, 0.5) is 11.4 Å². The molecule has 2 rings (SSSR count). The van der Waals surface area contributed by atoms with Crippen LogP contribution in [-0.4, -0.2) is 15.6 Å². The number of nitrogens with two attached hydrogens (primary N) is 1. The monoisotopic (exact) mass is 248 g/mol. The molecule has 5 heteroatoms. The third-order valence-corrected chi connectivity index (χ3v) is 2.91. The third-order valence-electron chi connectivity index (χ3n) is 2.63. The summed E-state index contributed by atoms with van der Waals surface area (Å²) in [5.74, 6) is 0. The van der Waals surface area contributed by atoms with E-state index in [4.69, 9.17) is 18.0 Å². The van der Waals surface area contributed by atoms with Crippen LogP contribution in [0.15, 0.2) is 30.2 Å². The fourth-order valence-electron chi connectivity index (χ4n) is 2.00. The van der Waals surface area contributed by atoms with Crippen LogP contribution < -0.4 is 16.0 Å². The summed E-state index contributed by atoms with van der Waals surface area (Å²) in [4.78, 5) is 6.00. The van der Waals surface area contributed by atoms with E-state index in [1.54, 1.807) is 18.5 Å². The molecule has 2 heterocycles. The molecule has 4 nitrogen and oxygen atoms in total. The number of hydrogen-bond acceptors (Lipinski definition) is 3.